The summed E-state index contributed by atoms with van der Waals surface area (Å²) in [5.74, 6) is -0.695. The Kier molecular flexibility index (Phi) is 3.18. The molecule has 0 atom stereocenters. The number of hydrogen-bond acceptors (Lipinski definition) is 3. The maximum atomic E-state index is 12.7. The van der Waals surface area contributed by atoms with Gasteiger partial charge in [0.1, 0.15) is 5.82 Å². The predicted octanol–water partition coefficient (Wildman–Crippen LogP) is 1.86. The smallest absolute Gasteiger partial charge is 0.341 e. The molecule has 2 aromatic rings. The molecule has 0 bridgehead atoms. The van der Waals surface area contributed by atoms with Gasteiger partial charge < -0.3 is 4.74 Å². The first kappa shape index (κ1) is 11.3. The fraction of sp³-hybridized carbons (Fsp3) is 0.167. The molecular formula is C12H11FN2O2. The summed E-state index contributed by atoms with van der Waals surface area (Å²) in [6, 6.07) is 6.13. The quantitative estimate of drug-likeness (QED) is 0.761. The van der Waals surface area contributed by atoms with Crippen molar-refractivity contribution in [2.45, 2.75) is 6.54 Å². The number of esters is 1. The summed E-state index contributed by atoms with van der Waals surface area (Å²) in [4.78, 5) is 11.2. The number of ether oxygens (including phenoxy) is 1. The molecule has 0 N–H and O–H groups in total. The minimum atomic E-state index is -0.421. The van der Waals surface area contributed by atoms with Gasteiger partial charge in [-0.3, -0.25) is 4.68 Å². The third-order valence-corrected chi connectivity index (χ3v) is 2.31. The molecule has 0 aliphatic rings. The Balaban J connectivity index is 2.11. The monoisotopic (exact) mass is 234 g/mol. The lowest BCUT2D eigenvalue weighted by Crippen LogP contribution is -2.01. The molecule has 0 spiro atoms. The summed E-state index contributed by atoms with van der Waals surface area (Å²) in [6.45, 7) is 0.483. The Morgan fingerprint density at radius 3 is 2.76 bits per heavy atom. The van der Waals surface area contributed by atoms with Crippen LogP contribution in [-0.4, -0.2) is 22.9 Å². The second-order valence-electron chi connectivity index (χ2n) is 3.54. The van der Waals surface area contributed by atoms with E-state index >= 15 is 0 Å². The van der Waals surface area contributed by atoms with E-state index in [0.29, 0.717) is 12.1 Å². The fourth-order valence-corrected chi connectivity index (χ4v) is 1.45. The van der Waals surface area contributed by atoms with Crippen molar-refractivity contribution in [1.29, 1.82) is 0 Å². The van der Waals surface area contributed by atoms with Crippen molar-refractivity contribution in [2.24, 2.45) is 0 Å². The normalized spacial score (nSPS) is 10.2. The van der Waals surface area contributed by atoms with Gasteiger partial charge in [-0.2, -0.15) is 5.10 Å². The average molecular weight is 234 g/mol. The summed E-state index contributed by atoms with van der Waals surface area (Å²) in [5, 5.41) is 4.03. The van der Waals surface area contributed by atoms with Gasteiger partial charge in [0.15, 0.2) is 0 Å². The van der Waals surface area contributed by atoms with Crippen molar-refractivity contribution in [3.05, 3.63) is 53.6 Å². The Hall–Kier alpha value is -2.17. The van der Waals surface area contributed by atoms with E-state index in [2.05, 4.69) is 9.84 Å². The highest BCUT2D eigenvalue weighted by Crippen LogP contribution is 2.06. The van der Waals surface area contributed by atoms with E-state index in [-0.39, 0.29) is 5.82 Å². The third kappa shape index (κ3) is 2.69. The van der Waals surface area contributed by atoms with Gasteiger partial charge in [0.25, 0.3) is 0 Å². The standard InChI is InChI=1S/C12H11FN2O2/c1-17-12(16)10-6-14-15(8-10)7-9-2-4-11(13)5-3-9/h2-6,8H,7H2,1H3. The lowest BCUT2D eigenvalue weighted by atomic mass is 10.2. The highest BCUT2D eigenvalue weighted by Gasteiger charge is 2.08. The summed E-state index contributed by atoms with van der Waals surface area (Å²) in [7, 11) is 1.32. The Bertz CT molecular complexity index is 520. The number of halogens is 1. The van der Waals surface area contributed by atoms with Gasteiger partial charge in [0.05, 0.1) is 25.4 Å². The minimum Gasteiger partial charge on any atom is -0.465 e. The maximum Gasteiger partial charge on any atom is 0.341 e. The zero-order valence-electron chi connectivity index (χ0n) is 9.26. The van der Waals surface area contributed by atoms with Crippen LogP contribution in [0.2, 0.25) is 0 Å². The number of carbonyl (C=O) groups excluding carboxylic acids is 1. The summed E-state index contributed by atoms with van der Waals surface area (Å²) in [5.41, 5.74) is 1.31. The molecule has 0 aliphatic carbocycles. The van der Waals surface area contributed by atoms with Crippen LogP contribution in [0, 0.1) is 5.82 Å². The van der Waals surface area contributed by atoms with E-state index < -0.39 is 5.97 Å². The largest absolute Gasteiger partial charge is 0.465 e. The molecular weight excluding hydrogens is 223 g/mol. The number of carbonyl (C=O) groups is 1. The van der Waals surface area contributed by atoms with Gasteiger partial charge in [-0.15, -0.1) is 0 Å². The Morgan fingerprint density at radius 2 is 2.12 bits per heavy atom. The molecule has 1 heterocycles. The molecule has 0 aliphatic heterocycles. The Morgan fingerprint density at radius 1 is 1.41 bits per heavy atom. The number of rotatable bonds is 3. The van der Waals surface area contributed by atoms with Crippen LogP contribution in [0.5, 0.6) is 0 Å². The average Bonchev–Trinajstić information content (AvgIpc) is 2.80. The van der Waals surface area contributed by atoms with Crippen LogP contribution < -0.4 is 0 Å². The molecule has 88 valence electrons. The van der Waals surface area contributed by atoms with Crippen LogP contribution in [0.25, 0.3) is 0 Å². The van der Waals surface area contributed by atoms with Crippen LogP contribution in [0.1, 0.15) is 15.9 Å². The number of methoxy groups -OCH3 is 1. The van der Waals surface area contributed by atoms with E-state index in [4.69, 9.17) is 0 Å². The van der Waals surface area contributed by atoms with E-state index in [0.717, 1.165) is 5.56 Å². The van der Waals surface area contributed by atoms with Crippen molar-refractivity contribution >= 4 is 5.97 Å². The molecule has 0 amide bonds. The first-order valence-electron chi connectivity index (χ1n) is 5.04. The van der Waals surface area contributed by atoms with E-state index in [1.807, 2.05) is 0 Å². The summed E-state index contributed by atoms with van der Waals surface area (Å²) in [6.07, 6.45) is 3.03. The molecule has 0 unspecified atom stereocenters. The number of aromatic nitrogens is 2. The first-order chi connectivity index (χ1) is 8.19. The van der Waals surface area contributed by atoms with E-state index in [1.165, 1.54) is 25.4 Å². The van der Waals surface area contributed by atoms with Crippen LogP contribution in [0.4, 0.5) is 4.39 Å². The van der Waals surface area contributed by atoms with Crippen LogP contribution in [0.3, 0.4) is 0 Å². The molecule has 0 saturated carbocycles. The van der Waals surface area contributed by atoms with E-state index in [9.17, 15) is 9.18 Å². The molecule has 1 aromatic heterocycles. The molecule has 4 nitrogen and oxygen atoms in total. The number of nitrogens with zero attached hydrogens (tertiary/aromatic N) is 2. The van der Waals surface area contributed by atoms with Crippen LogP contribution >= 0.6 is 0 Å². The zero-order chi connectivity index (χ0) is 12.3. The SMILES string of the molecule is COC(=O)c1cnn(Cc2ccc(F)cc2)c1. The van der Waals surface area contributed by atoms with Gasteiger partial charge in [-0.1, -0.05) is 12.1 Å². The molecule has 0 fully saturated rings. The highest BCUT2D eigenvalue weighted by atomic mass is 19.1. The van der Waals surface area contributed by atoms with Crippen molar-refractivity contribution in [3.63, 3.8) is 0 Å². The molecule has 5 heteroatoms. The van der Waals surface area contributed by atoms with Gasteiger partial charge in [0.2, 0.25) is 0 Å². The molecule has 0 saturated heterocycles. The molecule has 1 aromatic carbocycles. The van der Waals surface area contributed by atoms with Crippen LogP contribution in [-0.2, 0) is 11.3 Å². The number of benzene rings is 1. The van der Waals surface area contributed by atoms with Crippen molar-refractivity contribution < 1.29 is 13.9 Å². The minimum absolute atomic E-state index is 0.274. The van der Waals surface area contributed by atoms with Gasteiger partial charge in [-0.25, -0.2) is 9.18 Å². The van der Waals surface area contributed by atoms with Crippen molar-refractivity contribution in [3.8, 4) is 0 Å². The maximum absolute atomic E-state index is 12.7. The van der Waals surface area contributed by atoms with Crippen molar-refractivity contribution in [1.82, 2.24) is 9.78 Å². The Labute approximate surface area is 97.6 Å². The van der Waals surface area contributed by atoms with Gasteiger partial charge in [0, 0.05) is 6.20 Å². The summed E-state index contributed by atoms with van der Waals surface area (Å²) >= 11 is 0. The van der Waals surface area contributed by atoms with Crippen molar-refractivity contribution in [2.75, 3.05) is 7.11 Å². The lowest BCUT2D eigenvalue weighted by Gasteiger charge is -2.01. The zero-order valence-corrected chi connectivity index (χ0v) is 9.26. The molecule has 2 rings (SSSR count). The molecule has 17 heavy (non-hydrogen) atoms. The van der Waals surface area contributed by atoms with Gasteiger partial charge >= 0.3 is 5.97 Å². The predicted molar refractivity (Wildman–Crippen MR) is 59.1 cm³/mol. The second kappa shape index (κ2) is 4.78. The second-order valence-corrected chi connectivity index (χ2v) is 3.54. The third-order valence-electron chi connectivity index (χ3n) is 2.31. The topological polar surface area (TPSA) is 44.1 Å². The van der Waals surface area contributed by atoms with Crippen LogP contribution in [0.15, 0.2) is 36.7 Å². The summed E-state index contributed by atoms with van der Waals surface area (Å²) < 4.78 is 18.9. The lowest BCUT2D eigenvalue weighted by molar-refractivity contribution is 0.0600. The molecule has 0 radical (unpaired) electrons. The number of hydrogen-bond donors (Lipinski definition) is 0. The van der Waals surface area contributed by atoms with Gasteiger partial charge in [-0.05, 0) is 17.7 Å². The highest BCUT2D eigenvalue weighted by molar-refractivity contribution is 5.88. The fourth-order valence-electron chi connectivity index (χ4n) is 1.45. The van der Waals surface area contributed by atoms with E-state index in [1.54, 1.807) is 23.0 Å². The first-order valence-corrected chi connectivity index (χ1v) is 5.04.